The molecule has 0 radical (unpaired) electrons. The fourth-order valence-corrected chi connectivity index (χ4v) is 4.98. The number of benzene rings is 3. The summed E-state index contributed by atoms with van der Waals surface area (Å²) in [5.41, 5.74) is 1.42. The van der Waals surface area contributed by atoms with E-state index in [1.54, 1.807) is 42.5 Å². The summed E-state index contributed by atoms with van der Waals surface area (Å²) in [6.45, 7) is 7.46. The molecule has 34 heavy (non-hydrogen) atoms. The van der Waals surface area contributed by atoms with E-state index in [2.05, 4.69) is 34.4 Å². The Labute approximate surface area is 207 Å². The zero-order valence-electron chi connectivity index (χ0n) is 18.3. The minimum atomic E-state index is -3.77. The smallest absolute Gasteiger partial charge is 0.255 e. The third-order valence-corrected chi connectivity index (χ3v) is 7.27. The molecule has 3 aromatic rings. The summed E-state index contributed by atoms with van der Waals surface area (Å²) in [7, 11) is -3.77. The third-order valence-electron chi connectivity index (χ3n) is 4.93. The van der Waals surface area contributed by atoms with Crippen LogP contribution < -0.4 is 5.32 Å². The topological polar surface area (TPSA) is 83.6 Å². The number of nitrogens with zero attached hydrogens (tertiary/aromatic N) is 1. The van der Waals surface area contributed by atoms with E-state index in [0.717, 1.165) is 0 Å². The first kappa shape index (κ1) is 25.3. The number of hydrogen-bond donors (Lipinski definition) is 1. The number of nitrogens with one attached hydrogen (secondary N) is 1. The highest BCUT2D eigenvalue weighted by Gasteiger charge is 2.23. The number of ketones is 1. The highest BCUT2D eigenvalue weighted by molar-refractivity contribution is 9.10. The van der Waals surface area contributed by atoms with Crippen molar-refractivity contribution in [2.24, 2.45) is 0 Å². The van der Waals surface area contributed by atoms with Crippen LogP contribution in [0.1, 0.15) is 26.3 Å². The molecule has 0 atom stereocenters. The summed E-state index contributed by atoms with van der Waals surface area (Å²) in [6, 6.07) is 19.4. The quantitative estimate of drug-likeness (QED) is 0.280. The van der Waals surface area contributed by atoms with Gasteiger partial charge in [0, 0.05) is 34.3 Å². The Kier molecular flexibility index (Phi) is 8.33. The monoisotopic (exact) mass is 538 g/mol. The summed E-state index contributed by atoms with van der Waals surface area (Å²) in [5.74, 6) is -0.703. The van der Waals surface area contributed by atoms with Gasteiger partial charge in [-0.05, 0) is 42.5 Å². The third kappa shape index (κ3) is 5.77. The average Bonchev–Trinajstić information content (AvgIpc) is 2.85. The van der Waals surface area contributed by atoms with Crippen molar-refractivity contribution in [2.75, 3.05) is 18.4 Å². The highest BCUT2D eigenvalue weighted by atomic mass is 79.9. The number of amides is 1. The standard InChI is InChI=1S/C26H23BrN2O4S/c1-3-16-29(17-4-2)34(32,33)22-13-10-20(11-14-22)26(31)28-24-15-12-21(27)18-23(24)25(30)19-8-6-5-7-9-19/h3-15,18H,1-2,16-17H2,(H,28,31). The first-order valence-corrected chi connectivity index (χ1v) is 12.5. The molecule has 174 valence electrons. The molecule has 6 nitrogen and oxygen atoms in total. The highest BCUT2D eigenvalue weighted by Crippen LogP contribution is 2.25. The van der Waals surface area contributed by atoms with Crippen LogP contribution in [0.3, 0.4) is 0 Å². The molecule has 0 saturated heterocycles. The molecular formula is C26H23BrN2O4S. The Morgan fingerprint density at radius 3 is 2.09 bits per heavy atom. The van der Waals surface area contributed by atoms with Crippen molar-refractivity contribution in [1.82, 2.24) is 4.31 Å². The van der Waals surface area contributed by atoms with Gasteiger partial charge in [-0.1, -0.05) is 58.4 Å². The second-order valence-electron chi connectivity index (χ2n) is 7.26. The van der Waals surface area contributed by atoms with Gasteiger partial charge in [0.05, 0.1) is 10.6 Å². The van der Waals surface area contributed by atoms with E-state index < -0.39 is 15.9 Å². The predicted molar refractivity (Wildman–Crippen MR) is 138 cm³/mol. The molecule has 0 bridgehead atoms. The van der Waals surface area contributed by atoms with Gasteiger partial charge in [0.1, 0.15) is 0 Å². The Hall–Kier alpha value is -3.33. The van der Waals surface area contributed by atoms with Crippen molar-refractivity contribution >= 4 is 43.3 Å². The number of hydrogen-bond acceptors (Lipinski definition) is 4. The van der Waals surface area contributed by atoms with Crippen LogP contribution in [-0.4, -0.2) is 37.5 Å². The molecule has 0 aliphatic rings. The molecule has 3 aromatic carbocycles. The van der Waals surface area contributed by atoms with Crippen LogP contribution in [-0.2, 0) is 10.0 Å². The van der Waals surface area contributed by atoms with Crippen LogP contribution in [0.5, 0.6) is 0 Å². The summed E-state index contributed by atoms with van der Waals surface area (Å²) >= 11 is 3.37. The van der Waals surface area contributed by atoms with Crippen LogP contribution >= 0.6 is 15.9 Å². The first-order chi connectivity index (χ1) is 16.3. The molecule has 0 aliphatic heterocycles. The molecule has 0 aromatic heterocycles. The van der Waals surface area contributed by atoms with E-state index in [1.807, 2.05) is 6.07 Å². The largest absolute Gasteiger partial charge is 0.321 e. The second kappa shape index (κ2) is 11.2. The lowest BCUT2D eigenvalue weighted by Crippen LogP contribution is -2.31. The number of sulfonamides is 1. The van der Waals surface area contributed by atoms with Gasteiger partial charge in [-0.3, -0.25) is 9.59 Å². The number of halogens is 1. The Morgan fingerprint density at radius 1 is 0.882 bits per heavy atom. The molecule has 0 unspecified atom stereocenters. The van der Waals surface area contributed by atoms with Crippen LogP contribution in [0, 0.1) is 0 Å². The number of rotatable bonds is 10. The predicted octanol–water partition coefficient (Wildman–Crippen LogP) is 5.30. The molecule has 0 aliphatic carbocycles. The van der Waals surface area contributed by atoms with Gasteiger partial charge in [0.25, 0.3) is 5.91 Å². The van der Waals surface area contributed by atoms with Crippen molar-refractivity contribution in [2.45, 2.75) is 4.90 Å². The molecule has 0 heterocycles. The van der Waals surface area contributed by atoms with Gasteiger partial charge >= 0.3 is 0 Å². The molecule has 3 rings (SSSR count). The van der Waals surface area contributed by atoms with E-state index in [-0.39, 0.29) is 29.3 Å². The van der Waals surface area contributed by atoms with Gasteiger partial charge in [-0.2, -0.15) is 4.31 Å². The van der Waals surface area contributed by atoms with Crippen LogP contribution in [0.2, 0.25) is 0 Å². The molecule has 0 saturated carbocycles. The maximum absolute atomic E-state index is 13.0. The number of anilines is 1. The van der Waals surface area contributed by atoms with Crippen molar-refractivity contribution in [1.29, 1.82) is 0 Å². The molecule has 0 fully saturated rings. The fourth-order valence-electron chi connectivity index (χ4n) is 3.24. The minimum absolute atomic E-state index is 0.0522. The Morgan fingerprint density at radius 2 is 1.50 bits per heavy atom. The van der Waals surface area contributed by atoms with E-state index in [4.69, 9.17) is 0 Å². The van der Waals surface area contributed by atoms with Crippen molar-refractivity contribution in [3.8, 4) is 0 Å². The molecule has 1 amide bonds. The lowest BCUT2D eigenvalue weighted by atomic mass is 10.0. The fraction of sp³-hybridized carbons (Fsp3) is 0.0769. The molecule has 1 N–H and O–H groups in total. The van der Waals surface area contributed by atoms with E-state index >= 15 is 0 Å². The Bertz CT molecular complexity index is 1310. The van der Waals surface area contributed by atoms with Crippen molar-refractivity contribution < 1.29 is 18.0 Å². The normalized spacial score (nSPS) is 11.1. The van der Waals surface area contributed by atoms with Gasteiger partial charge in [0.15, 0.2) is 5.78 Å². The first-order valence-electron chi connectivity index (χ1n) is 10.3. The molecular weight excluding hydrogens is 516 g/mol. The van der Waals surface area contributed by atoms with Gasteiger partial charge < -0.3 is 5.32 Å². The molecule has 0 spiro atoms. The number of carbonyl (C=O) groups is 2. The van der Waals surface area contributed by atoms with E-state index in [1.165, 1.54) is 40.7 Å². The van der Waals surface area contributed by atoms with Crippen molar-refractivity contribution in [3.05, 3.63) is 119 Å². The summed E-state index contributed by atoms with van der Waals surface area (Å²) in [4.78, 5) is 25.9. The SMILES string of the molecule is C=CCN(CC=C)S(=O)(=O)c1ccc(C(=O)Nc2ccc(Br)cc2C(=O)c2ccccc2)cc1. The summed E-state index contributed by atoms with van der Waals surface area (Å²) in [5, 5.41) is 2.76. The van der Waals surface area contributed by atoms with Gasteiger partial charge in [-0.25, -0.2) is 8.42 Å². The number of carbonyl (C=O) groups excluding carboxylic acids is 2. The van der Waals surface area contributed by atoms with Crippen LogP contribution in [0.15, 0.2) is 107 Å². The lowest BCUT2D eigenvalue weighted by molar-refractivity contribution is 0.102. The summed E-state index contributed by atoms with van der Waals surface area (Å²) < 4.78 is 27.6. The van der Waals surface area contributed by atoms with Gasteiger partial charge in [0.2, 0.25) is 10.0 Å². The summed E-state index contributed by atoms with van der Waals surface area (Å²) in [6.07, 6.45) is 2.99. The maximum Gasteiger partial charge on any atom is 0.255 e. The maximum atomic E-state index is 13.0. The zero-order valence-corrected chi connectivity index (χ0v) is 20.7. The second-order valence-corrected chi connectivity index (χ2v) is 10.1. The van der Waals surface area contributed by atoms with Gasteiger partial charge in [-0.15, -0.1) is 13.2 Å². The Balaban J connectivity index is 1.85. The lowest BCUT2D eigenvalue weighted by Gasteiger charge is -2.19. The minimum Gasteiger partial charge on any atom is -0.321 e. The van der Waals surface area contributed by atoms with Crippen LogP contribution in [0.25, 0.3) is 0 Å². The van der Waals surface area contributed by atoms with E-state index in [9.17, 15) is 18.0 Å². The van der Waals surface area contributed by atoms with E-state index in [0.29, 0.717) is 21.3 Å². The zero-order chi connectivity index (χ0) is 24.7. The van der Waals surface area contributed by atoms with Crippen LogP contribution in [0.4, 0.5) is 5.69 Å². The van der Waals surface area contributed by atoms with Crippen molar-refractivity contribution in [3.63, 3.8) is 0 Å². The average molecular weight is 539 g/mol. The molecule has 8 heteroatoms.